The van der Waals surface area contributed by atoms with Crippen LogP contribution in [-0.2, 0) is 4.79 Å². The van der Waals surface area contributed by atoms with Crippen LogP contribution in [0.25, 0.3) is 0 Å². The average Bonchev–Trinajstić information content (AvgIpc) is 2.26. The molecule has 0 bridgehead atoms. The Labute approximate surface area is 107 Å². The molecule has 2 heteroatoms. The molecular weight excluding hydrogens is 210 g/mol. The number of Topliss-reactive ketones (excluding diaryl/α,β-unsaturated/α-hetero) is 1. The molecule has 0 aromatic rings. The van der Waals surface area contributed by atoms with Crippen LogP contribution in [0.5, 0.6) is 0 Å². The zero-order chi connectivity index (χ0) is 12.9. The molecule has 0 aliphatic carbocycles. The summed E-state index contributed by atoms with van der Waals surface area (Å²) in [5, 5.41) is 0. The van der Waals surface area contributed by atoms with Crippen molar-refractivity contribution in [2.24, 2.45) is 5.73 Å². The third-order valence-electron chi connectivity index (χ3n) is 3.23. The van der Waals surface area contributed by atoms with E-state index in [0.717, 1.165) is 6.42 Å². The molecule has 0 rings (SSSR count). The average molecular weight is 241 g/mol. The lowest BCUT2D eigenvalue weighted by Crippen LogP contribution is -2.22. The second kappa shape index (κ2) is 12.1. The van der Waals surface area contributed by atoms with Gasteiger partial charge >= 0.3 is 0 Å². The van der Waals surface area contributed by atoms with Gasteiger partial charge in [-0.25, -0.2) is 0 Å². The van der Waals surface area contributed by atoms with E-state index >= 15 is 0 Å². The summed E-state index contributed by atoms with van der Waals surface area (Å²) >= 11 is 0. The van der Waals surface area contributed by atoms with E-state index in [1.54, 1.807) is 6.92 Å². The van der Waals surface area contributed by atoms with Crippen molar-refractivity contribution in [1.82, 2.24) is 0 Å². The van der Waals surface area contributed by atoms with Crippen molar-refractivity contribution in [3.63, 3.8) is 0 Å². The molecule has 0 aromatic heterocycles. The van der Waals surface area contributed by atoms with Gasteiger partial charge < -0.3 is 5.73 Å². The van der Waals surface area contributed by atoms with Gasteiger partial charge in [0.1, 0.15) is 5.78 Å². The van der Waals surface area contributed by atoms with E-state index in [-0.39, 0.29) is 11.8 Å². The molecule has 0 spiro atoms. The normalized spacial score (nSPS) is 12.6. The van der Waals surface area contributed by atoms with Crippen molar-refractivity contribution in [2.45, 2.75) is 90.5 Å². The van der Waals surface area contributed by atoms with E-state index < -0.39 is 0 Å². The number of hydrogen-bond donors (Lipinski definition) is 1. The molecule has 0 aromatic carbocycles. The summed E-state index contributed by atoms with van der Waals surface area (Å²) in [6.07, 6.45) is 13.6. The van der Waals surface area contributed by atoms with Crippen LogP contribution in [0.3, 0.4) is 0 Å². The smallest absolute Gasteiger partial charge is 0.131 e. The minimum absolute atomic E-state index is 0.0945. The highest BCUT2D eigenvalue weighted by Gasteiger charge is 2.04. The van der Waals surface area contributed by atoms with Crippen LogP contribution in [0, 0.1) is 0 Å². The summed E-state index contributed by atoms with van der Waals surface area (Å²) in [6.45, 7) is 3.88. The molecule has 0 saturated carbocycles. The van der Waals surface area contributed by atoms with E-state index in [4.69, 9.17) is 5.73 Å². The minimum atomic E-state index is 0.0945. The molecular formula is C15H31NO. The molecule has 0 heterocycles. The molecule has 17 heavy (non-hydrogen) atoms. The first-order chi connectivity index (χ1) is 8.16. The quantitative estimate of drug-likeness (QED) is 0.520. The van der Waals surface area contributed by atoms with Gasteiger partial charge in [-0.15, -0.1) is 0 Å². The molecule has 2 N–H and O–H groups in total. The van der Waals surface area contributed by atoms with Crippen molar-refractivity contribution < 1.29 is 4.79 Å². The van der Waals surface area contributed by atoms with Crippen LogP contribution in [0.4, 0.5) is 0 Å². The third-order valence-corrected chi connectivity index (χ3v) is 3.23. The fraction of sp³-hybridized carbons (Fsp3) is 0.933. The fourth-order valence-electron chi connectivity index (χ4n) is 2.19. The van der Waals surface area contributed by atoms with Gasteiger partial charge in [0.05, 0.1) is 0 Å². The maximum Gasteiger partial charge on any atom is 0.131 e. The SMILES string of the molecule is CCCCCCCCCCCC(N)CC(C)=O. The van der Waals surface area contributed by atoms with Gasteiger partial charge in [0.15, 0.2) is 0 Å². The van der Waals surface area contributed by atoms with Crippen molar-refractivity contribution in [3.8, 4) is 0 Å². The maximum atomic E-state index is 10.8. The molecule has 0 radical (unpaired) electrons. The highest BCUT2D eigenvalue weighted by atomic mass is 16.1. The zero-order valence-electron chi connectivity index (χ0n) is 11.8. The summed E-state index contributed by atoms with van der Waals surface area (Å²) in [7, 11) is 0. The van der Waals surface area contributed by atoms with Crippen molar-refractivity contribution in [3.05, 3.63) is 0 Å². The Morgan fingerprint density at radius 3 is 1.88 bits per heavy atom. The lowest BCUT2D eigenvalue weighted by atomic mass is 10.0. The molecule has 0 saturated heterocycles. The molecule has 2 nitrogen and oxygen atoms in total. The Morgan fingerprint density at radius 1 is 0.941 bits per heavy atom. The highest BCUT2D eigenvalue weighted by Crippen LogP contribution is 2.11. The number of unbranched alkanes of at least 4 members (excludes halogenated alkanes) is 8. The van der Waals surface area contributed by atoms with E-state index in [1.807, 2.05) is 0 Å². The van der Waals surface area contributed by atoms with Gasteiger partial charge in [0.2, 0.25) is 0 Å². The van der Waals surface area contributed by atoms with Crippen LogP contribution >= 0.6 is 0 Å². The van der Waals surface area contributed by atoms with Gasteiger partial charge in [0.25, 0.3) is 0 Å². The van der Waals surface area contributed by atoms with Gasteiger partial charge in [-0.2, -0.15) is 0 Å². The van der Waals surface area contributed by atoms with Gasteiger partial charge in [-0.05, 0) is 13.3 Å². The topological polar surface area (TPSA) is 43.1 Å². The highest BCUT2D eigenvalue weighted by molar-refractivity contribution is 5.76. The van der Waals surface area contributed by atoms with Gasteiger partial charge in [-0.3, -0.25) is 4.79 Å². The maximum absolute atomic E-state index is 10.8. The largest absolute Gasteiger partial charge is 0.327 e. The summed E-state index contributed by atoms with van der Waals surface area (Å²) in [4.78, 5) is 10.8. The Bertz CT molecular complexity index is 180. The third kappa shape index (κ3) is 13.6. The van der Waals surface area contributed by atoms with E-state index in [0.29, 0.717) is 6.42 Å². The zero-order valence-corrected chi connectivity index (χ0v) is 11.8. The van der Waals surface area contributed by atoms with Crippen molar-refractivity contribution in [1.29, 1.82) is 0 Å². The van der Waals surface area contributed by atoms with Gasteiger partial charge in [-0.1, -0.05) is 64.7 Å². The predicted molar refractivity (Wildman–Crippen MR) is 75.1 cm³/mol. The lowest BCUT2D eigenvalue weighted by molar-refractivity contribution is -0.117. The lowest BCUT2D eigenvalue weighted by Gasteiger charge is -2.08. The summed E-state index contributed by atoms with van der Waals surface area (Å²) in [6, 6.07) is 0.0945. The Balaban J connectivity index is 3.10. The molecule has 1 atom stereocenters. The van der Waals surface area contributed by atoms with E-state index in [1.165, 1.54) is 57.8 Å². The molecule has 0 aliphatic rings. The Hall–Kier alpha value is -0.370. The molecule has 102 valence electrons. The first-order valence-corrected chi connectivity index (χ1v) is 7.41. The first kappa shape index (κ1) is 16.6. The van der Waals surface area contributed by atoms with Crippen LogP contribution < -0.4 is 5.73 Å². The summed E-state index contributed by atoms with van der Waals surface area (Å²) < 4.78 is 0. The standard InChI is InChI=1S/C15H31NO/c1-3-4-5-6-7-8-9-10-11-12-15(16)13-14(2)17/h15H,3-13,16H2,1-2H3. The first-order valence-electron chi connectivity index (χ1n) is 7.41. The van der Waals surface area contributed by atoms with E-state index in [9.17, 15) is 4.79 Å². The number of hydrogen-bond acceptors (Lipinski definition) is 2. The van der Waals surface area contributed by atoms with Crippen LogP contribution in [-0.4, -0.2) is 11.8 Å². The number of nitrogens with two attached hydrogens (primary N) is 1. The molecule has 1 unspecified atom stereocenters. The molecule has 0 fully saturated rings. The number of carbonyl (C=O) groups excluding carboxylic acids is 1. The van der Waals surface area contributed by atoms with Crippen LogP contribution in [0.2, 0.25) is 0 Å². The number of carbonyl (C=O) groups is 1. The summed E-state index contributed by atoms with van der Waals surface area (Å²) in [5.41, 5.74) is 5.85. The Kier molecular flexibility index (Phi) is 11.8. The number of rotatable bonds is 12. The van der Waals surface area contributed by atoms with Crippen molar-refractivity contribution >= 4 is 5.78 Å². The van der Waals surface area contributed by atoms with Crippen molar-refractivity contribution in [2.75, 3.05) is 0 Å². The minimum Gasteiger partial charge on any atom is -0.327 e. The predicted octanol–water partition coefficient (Wildman–Crippen LogP) is 4.21. The number of ketones is 1. The second-order valence-corrected chi connectivity index (χ2v) is 5.28. The van der Waals surface area contributed by atoms with Crippen LogP contribution in [0.15, 0.2) is 0 Å². The van der Waals surface area contributed by atoms with E-state index in [2.05, 4.69) is 6.92 Å². The molecule has 0 aliphatic heterocycles. The second-order valence-electron chi connectivity index (χ2n) is 5.28. The molecule has 0 amide bonds. The fourth-order valence-corrected chi connectivity index (χ4v) is 2.19. The summed E-state index contributed by atoms with van der Waals surface area (Å²) in [5.74, 6) is 0.216. The van der Waals surface area contributed by atoms with Gasteiger partial charge in [0, 0.05) is 12.5 Å². The monoisotopic (exact) mass is 241 g/mol. The Morgan fingerprint density at radius 2 is 1.41 bits per heavy atom. The van der Waals surface area contributed by atoms with Crippen LogP contribution in [0.1, 0.15) is 84.5 Å².